The lowest BCUT2D eigenvalue weighted by Crippen LogP contribution is -1.95. The van der Waals surface area contributed by atoms with Crippen LogP contribution in [0.2, 0.25) is 0 Å². The van der Waals surface area contributed by atoms with E-state index >= 15 is 0 Å². The highest BCUT2D eigenvalue weighted by atomic mass is 16.5. The Morgan fingerprint density at radius 3 is 2.86 bits per heavy atom. The molecule has 1 aromatic rings. The van der Waals surface area contributed by atoms with Crippen LogP contribution in [0, 0.1) is 0 Å². The molecule has 0 aliphatic rings. The minimum absolute atomic E-state index is 0.678. The highest BCUT2D eigenvalue weighted by Crippen LogP contribution is 2.13. The van der Waals surface area contributed by atoms with Gasteiger partial charge < -0.3 is 9.47 Å². The average molecular weight is 194 g/mol. The first-order valence-electron chi connectivity index (χ1n) is 5.07. The molecule has 1 aromatic carbocycles. The molecule has 1 rings (SSSR count). The largest absolute Gasteiger partial charge is 0.497 e. The zero-order chi connectivity index (χ0) is 10.2. The highest BCUT2D eigenvalue weighted by Gasteiger charge is 1.95. The van der Waals surface area contributed by atoms with Gasteiger partial charge in [-0.15, -0.1) is 0 Å². The summed E-state index contributed by atoms with van der Waals surface area (Å²) in [5.41, 5.74) is 1.17. The number of methoxy groups -OCH3 is 1. The Morgan fingerprint density at radius 2 is 2.14 bits per heavy atom. The van der Waals surface area contributed by atoms with E-state index in [1.807, 2.05) is 18.2 Å². The quantitative estimate of drug-likeness (QED) is 0.648. The first-order valence-corrected chi connectivity index (χ1v) is 5.07. The SMILES string of the molecule is CCCCOCc1cccc(OC)c1. The summed E-state index contributed by atoms with van der Waals surface area (Å²) in [7, 11) is 1.68. The molecule has 0 N–H and O–H groups in total. The number of unbranched alkanes of at least 4 members (excludes halogenated alkanes) is 1. The lowest BCUT2D eigenvalue weighted by atomic mass is 10.2. The van der Waals surface area contributed by atoms with Crippen LogP contribution in [0.15, 0.2) is 24.3 Å². The molecule has 0 fully saturated rings. The molecule has 0 unspecified atom stereocenters. The molecular formula is C12H18O2. The molecule has 0 aromatic heterocycles. The maximum absolute atomic E-state index is 5.50. The van der Waals surface area contributed by atoms with E-state index in [2.05, 4.69) is 13.0 Å². The molecule has 0 radical (unpaired) electrons. The van der Waals surface area contributed by atoms with Gasteiger partial charge in [0.1, 0.15) is 5.75 Å². The minimum atomic E-state index is 0.678. The number of hydrogen-bond acceptors (Lipinski definition) is 2. The van der Waals surface area contributed by atoms with Crippen molar-refractivity contribution < 1.29 is 9.47 Å². The average Bonchev–Trinajstić information content (AvgIpc) is 2.25. The van der Waals surface area contributed by atoms with E-state index in [9.17, 15) is 0 Å². The molecular weight excluding hydrogens is 176 g/mol. The van der Waals surface area contributed by atoms with Crippen molar-refractivity contribution in [2.45, 2.75) is 26.4 Å². The van der Waals surface area contributed by atoms with Gasteiger partial charge in [0, 0.05) is 6.61 Å². The number of hydrogen-bond donors (Lipinski definition) is 0. The number of ether oxygens (including phenoxy) is 2. The smallest absolute Gasteiger partial charge is 0.119 e. The summed E-state index contributed by atoms with van der Waals surface area (Å²) in [6.45, 7) is 3.68. The Hall–Kier alpha value is -1.02. The molecule has 0 aliphatic carbocycles. The van der Waals surface area contributed by atoms with E-state index in [1.165, 1.54) is 12.0 Å². The molecule has 0 bridgehead atoms. The van der Waals surface area contributed by atoms with E-state index in [0.717, 1.165) is 18.8 Å². The normalized spacial score (nSPS) is 10.1. The Kier molecular flexibility index (Phi) is 5.08. The molecule has 14 heavy (non-hydrogen) atoms. The fraction of sp³-hybridized carbons (Fsp3) is 0.500. The summed E-state index contributed by atoms with van der Waals surface area (Å²) < 4.78 is 10.6. The molecule has 2 heteroatoms. The summed E-state index contributed by atoms with van der Waals surface area (Å²) in [6.07, 6.45) is 2.31. The molecule has 0 heterocycles. The molecule has 0 amide bonds. The third-order valence-corrected chi connectivity index (χ3v) is 2.05. The predicted molar refractivity (Wildman–Crippen MR) is 57.6 cm³/mol. The summed E-state index contributed by atoms with van der Waals surface area (Å²) in [5, 5.41) is 0. The first-order chi connectivity index (χ1) is 6.86. The molecule has 2 nitrogen and oxygen atoms in total. The minimum Gasteiger partial charge on any atom is -0.497 e. The van der Waals surface area contributed by atoms with Crippen molar-refractivity contribution in [3.63, 3.8) is 0 Å². The van der Waals surface area contributed by atoms with Crippen LogP contribution in [-0.2, 0) is 11.3 Å². The van der Waals surface area contributed by atoms with Crippen LogP contribution in [0.5, 0.6) is 5.75 Å². The zero-order valence-corrected chi connectivity index (χ0v) is 8.95. The zero-order valence-electron chi connectivity index (χ0n) is 8.95. The van der Waals surface area contributed by atoms with E-state index < -0.39 is 0 Å². The van der Waals surface area contributed by atoms with Crippen LogP contribution < -0.4 is 4.74 Å². The second-order valence-electron chi connectivity index (χ2n) is 3.26. The monoisotopic (exact) mass is 194 g/mol. The van der Waals surface area contributed by atoms with E-state index in [-0.39, 0.29) is 0 Å². The van der Waals surface area contributed by atoms with Crippen molar-refractivity contribution in [2.24, 2.45) is 0 Å². The number of benzene rings is 1. The van der Waals surface area contributed by atoms with Gasteiger partial charge in [-0.1, -0.05) is 25.5 Å². The Balaban J connectivity index is 2.34. The van der Waals surface area contributed by atoms with Crippen molar-refractivity contribution in [2.75, 3.05) is 13.7 Å². The third kappa shape index (κ3) is 3.79. The van der Waals surface area contributed by atoms with Gasteiger partial charge in [-0.2, -0.15) is 0 Å². The Bertz CT molecular complexity index is 258. The van der Waals surface area contributed by atoms with Crippen LogP contribution in [0.4, 0.5) is 0 Å². The maximum atomic E-state index is 5.50. The van der Waals surface area contributed by atoms with Crippen LogP contribution >= 0.6 is 0 Å². The second-order valence-corrected chi connectivity index (χ2v) is 3.26. The van der Waals surface area contributed by atoms with E-state index in [1.54, 1.807) is 7.11 Å². The van der Waals surface area contributed by atoms with Crippen LogP contribution in [0.3, 0.4) is 0 Å². The molecule has 78 valence electrons. The second kappa shape index (κ2) is 6.44. The fourth-order valence-corrected chi connectivity index (χ4v) is 1.20. The van der Waals surface area contributed by atoms with Crippen LogP contribution in [-0.4, -0.2) is 13.7 Å². The lowest BCUT2D eigenvalue weighted by Gasteiger charge is -2.05. The van der Waals surface area contributed by atoms with Gasteiger partial charge >= 0.3 is 0 Å². The van der Waals surface area contributed by atoms with Gasteiger partial charge in [0.2, 0.25) is 0 Å². The van der Waals surface area contributed by atoms with Gasteiger partial charge in [0.05, 0.1) is 13.7 Å². The summed E-state index contributed by atoms with van der Waals surface area (Å²) >= 11 is 0. The van der Waals surface area contributed by atoms with Crippen molar-refractivity contribution in [3.05, 3.63) is 29.8 Å². The molecule has 0 aliphatic heterocycles. The van der Waals surface area contributed by atoms with Gasteiger partial charge in [0.15, 0.2) is 0 Å². The molecule has 0 spiro atoms. The number of rotatable bonds is 6. The van der Waals surface area contributed by atoms with E-state index in [0.29, 0.717) is 6.61 Å². The summed E-state index contributed by atoms with van der Waals surface area (Å²) in [4.78, 5) is 0. The first kappa shape index (κ1) is 11.1. The van der Waals surface area contributed by atoms with Gasteiger partial charge in [-0.05, 0) is 24.1 Å². The predicted octanol–water partition coefficient (Wildman–Crippen LogP) is 3.01. The molecule has 0 saturated heterocycles. The van der Waals surface area contributed by atoms with Crippen molar-refractivity contribution in [3.8, 4) is 5.75 Å². The third-order valence-electron chi connectivity index (χ3n) is 2.05. The van der Waals surface area contributed by atoms with Gasteiger partial charge in [0.25, 0.3) is 0 Å². The Morgan fingerprint density at radius 1 is 1.29 bits per heavy atom. The summed E-state index contributed by atoms with van der Waals surface area (Å²) in [6, 6.07) is 7.98. The van der Waals surface area contributed by atoms with Crippen LogP contribution in [0.25, 0.3) is 0 Å². The topological polar surface area (TPSA) is 18.5 Å². The fourth-order valence-electron chi connectivity index (χ4n) is 1.20. The van der Waals surface area contributed by atoms with E-state index in [4.69, 9.17) is 9.47 Å². The summed E-state index contributed by atoms with van der Waals surface area (Å²) in [5.74, 6) is 0.890. The molecule has 0 saturated carbocycles. The Labute approximate surface area is 85.8 Å². The standard InChI is InChI=1S/C12H18O2/c1-3-4-8-14-10-11-6-5-7-12(9-11)13-2/h5-7,9H,3-4,8,10H2,1-2H3. The van der Waals surface area contributed by atoms with Crippen molar-refractivity contribution in [1.29, 1.82) is 0 Å². The van der Waals surface area contributed by atoms with Crippen LogP contribution in [0.1, 0.15) is 25.3 Å². The van der Waals surface area contributed by atoms with Crippen molar-refractivity contribution >= 4 is 0 Å². The lowest BCUT2D eigenvalue weighted by molar-refractivity contribution is 0.118. The molecule has 0 atom stereocenters. The maximum Gasteiger partial charge on any atom is 0.119 e. The van der Waals surface area contributed by atoms with Gasteiger partial charge in [-0.25, -0.2) is 0 Å². The van der Waals surface area contributed by atoms with Crippen molar-refractivity contribution in [1.82, 2.24) is 0 Å². The van der Waals surface area contributed by atoms with Gasteiger partial charge in [-0.3, -0.25) is 0 Å². The highest BCUT2D eigenvalue weighted by molar-refractivity contribution is 5.27.